The van der Waals surface area contributed by atoms with Gasteiger partial charge in [0.25, 0.3) is 0 Å². The molecule has 0 radical (unpaired) electrons. The minimum absolute atomic E-state index is 0.176. The van der Waals surface area contributed by atoms with Gasteiger partial charge in [-0.1, -0.05) is 18.2 Å². The van der Waals surface area contributed by atoms with Crippen molar-refractivity contribution in [2.24, 2.45) is 0 Å². The standard InChI is InChI=1S/C19H20N4O2/c1-13-6-7-17(24)16(12-13)21-19-20-15-5-3-2-4-14(15)18(22-19)23-8-10-25-11-9-23/h2-7,12,24H,8-11H2,1H3,(H,20,21,22). The number of para-hydroxylation sites is 1. The number of anilines is 3. The third-order valence-electron chi connectivity index (χ3n) is 4.29. The molecule has 0 unspecified atom stereocenters. The quantitative estimate of drug-likeness (QED) is 0.716. The summed E-state index contributed by atoms with van der Waals surface area (Å²) in [6.07, 6.45) is 0. The van der Waals surface area contributed by atoms with E-state index >= 15 is 0 Å². The number of phenolic OH excluding ortho intramolecular Hbond substituents is 1. The largest absolute Gasteiger partial charge is 0.506 e. The van der Waals surface area contributed by atoms with Gasteiger partial charge < -0.3 is 20.1 Å². The molecule has 6 nitrogen and oxygen atoms in total. The molecule has 25 heavy (non-hydrogen) atoms. The zero-order valence-electron chi connectivity index (χ0n) is 14.1. The van der Waals surface area contributed by atoms with E-state index in [4.69, 9.17) is 9.72 Å². The topological polar surface area (TPSA) is 70.5 Å². The highest BCUT2D eigenvalue weighted by atomic mass is 16.5. The predicted octanol–water partition coefficient (Wildman–Crippen LogP) is 3.22. The molecule has 0 amide bonds. The zero-order valence-corrected chi connectivity index (χ0v) is 14.1. The summed E-state index contributed by atoms with van der Waals surface area (Å²) in [5.74, 6) is 1.54. The molecule has 0 saturated carbocycles. The van der Waals surface area contributed by atoms with Crippen molar-refractivity contribution in [2.75, 3.05) is 36.5 Å². The van der Waals surface area contributed by atoms with Crippen LogP contribution < -0.4 is 10.2 Å². The molecule has 0 atom stereocenters. The number of fused-ring (bicyclic) bond motifs is 1. The van der Waals surface area contributed by atoms with Crippen LogP contribution in [0.5, 0.6) is 5.75 Å². The molecule has 4 rings (SSSR count). The Morgan fingerprint density at radius 3 is 2.72 bits per heavy atom. The Morgan fingerprint density at radius 1 is 1.08 bits per heavy atom. The molecule has 1 saturated heterocycles. The molecular weight excluding hydrogens is 316 g/mol. The number of aromatic nitrogens is 2. The van der Waals surface area contributed by atoms with E-state index in [0.717, 1.165) is 35.4 Å². The molecule has 2 aromatic carbocycles. The van der Waals surface area contributed by atoms with E-state index in [0.29, 0.717) is 24.8 Å². The van der Waals surface area contributed by atoms with Crippen molar-refractivity contribution < 1.29 is 9.84 Å². The highest BCUT2D eigenvalue weighted by Crippen LogP contribution is 2.30. The SMILES string of the molecule is Cc1ccc(O)c(Nc2nc(N3CCOCC3)c3ccccc3n2)c1. The molecule has 0 aliphatic carbocycles. The number of nitrogens with one attached hydrogen (secondary N) is 1. The molecule has 2 N–H and O–H groups in total. The Labute approximate surface area is 146 Å². The number of nitrogens with zero attached hydrogens (tertiary/aromatic N) is 3. The number of benzene rings is 2. The van der Waals surface area contributed by atoms with Gasteiger partial charge in [0.05, 0.1) is 24.4 Å². The van der Waals surface area contributed by atoms with Gasteiger partial charge in [-0.3, -0.25) is 0 Å². The molecule has 2 heterocycles. The molecule has 3 aromatic rings. The molecule has 1 fully saturated rings. The van der Waals surface area contributed by atoms with Gasteiger partial charge in [0.2, 0.25) is 5.95 Å². The van der Waals surface area contributed by atoms with Crippen molar-refractivity contribution in [1.29, 1.82) is 0 Å². The van der Waals surface area contributed by atoms with Gasteiger partial charge in [0, 0.05) is 18.5 Å². The first kappa shape index (κ1) is 15.7. The lowest BCUT2D eigenvalue weighted by molar-refractivity contribution is 0.122. The zero-order chi connectivity index (χ0) is 17.2. The highest BCUT2D eigenvalue weighted by molar-refractivity contribution is 5.91. The van der Waals surface area contributed by atoms with Crippen LogP contribution in [0.1, 0.15) is 5.56 Å². The van der Waals surface area contributed by atoms with Gasteiger partial charge in [-0.05, 0) is 36.8 Å². The van der Waals surface area contributed by atoms with Crippen LogP contribution in [0.25, 0.3) is 10.9 Å². The Bertz CT molecular complexity index is 907. The van der Waals surface area contributed by atoms with Gasteiger partial charge in [-0.15, -0.1) is 0 Å². The summed E-state index contributed by atoms with van der Waals surface area (Å²) in [6.45, 7) is 4.97. The number of morpholine rings is 1. The van der Waals surface area contributed by atoms with Gasteiger partial charge in [0.15, 0.2) is 0 Å². The Kier molecular flexibility index (Phi) is 4.11. The lowest BCUT2D eigenvalue weighted by Crippen LogP contribution is -2.37. The van der Waals surface area contributed by atoms with Crippen molar-refractivity contribution in [2.45, 2.75) is 6.92 Å². The number of aromatic hydroxyl groups is 1. The van der Waals surface area contributed by atoms with Crippen LogP contribution >= 0.6 is 0 Å². The first-order chi connectivity index (χ1) is 12.2. The van der Waals surface area contributed by atoms with Crippen LogP contribution in [0, 0.1) is 6.92 Å². The monoisotopic (exact) mass is 336 g/mol. The average molecular weight is 336 g/mol. The number of hydrogen-bond acceptors (Lipinski definition) is 6. The van der Waals surface area contributed by atoms with Crippen LogP contribution in [0.4, 0.5) is 17.5 Å². The first-order valence-electron chi connectivity index (χ1n) is 8.37. The molecule has 1 aromatic heterocycles. The maximum absolute atomic E-state index is 10.1. The normalized spacial score (nSPS) is 14.7. The molecular formula is C19H20N4O2. The predicted molar refractivity (Wildman–Crippen MR) is 98.7 cm³/mol. The minimum atomic E-state index is 0.176. The number of rotatable bonds is 3. The summed E-state index contributed by atoms with van der Waals surface area (Å²) in [5.41, 5.74) is 2.52. The third-order valence-corrected chi connectivity index (χ3v) is 4.29. The third kappa shape index (κ3) is 3.21. The van der Waals surface area contributed by atoms with Gasteiger partial charge >= 0.3 is 0 Å². The lowest BCUT2D eigenvalue weighted by atomic mass is 10.2. The summed E-state index contributed by atoms with van der Waals surface area (Å²) in [5, 5.41) is 14.3. The minimum Gasteiger partial charge on any atom is -0.506 e. The maximum atomic E-state index is 10.1. The average Bonchev–Trinajstić information content (AvgIpc) is 2.65. The van der Waals surface area contributed by atoms with E-state index in [2.05, 4.69) is 15.2 Å². The lowest BCUT2D eigenvalue weighted by Gasteiger charge is -2.29. The van der Waals surface area contributed by atoms with Crippen LogP contribution in [0.15, 0.2) is 42.5 Å². The number of aryl methyl sites for hydroxylation is 1. The van der Waals surface area contributed by atoms with Crippen molar-refractivity contribution in [3.8, 4) is 5.75 Å². The Hall–Kier alpha value is -2.86. The second-order valence-corrected chi connectivity index (χ2v) is 6.13. The van der Waals surface area contributed by atoms with E-state index in [1.54, 1.807) is 6.07 Å². The number of ether oxygens (including phenoxy) is 1. The van der Waals surface area contributed by atoms with Crippen molar-refractivity contribution in [3.63, 3.8) is 0 Å². The molecule has 0 bridgehead atoms. The van der Waals surface area contributed by atoms with Crippen molar-refractivity contribution >= 4 is 28.4 Å². The molecule has 1 aliphatic heterocycles. The molecule has 0 spiro atoms. The molecule has 6 heteroatoms. The Balaban J connectivity index is 1.77. The van der Waals surface area contributed by atoms with Crippen molar-refractivity contribution in [1.82, 2.24) is 9.97 Å². The fourth-order valence-electron chi connectivity index (χ4n) is 3.00. The summed E-state index contributed by atoms with van der Waals surface area (Å²) in [6, 6.07) is 13.4. The molecule has 1 aliphatic rings. The van der Waals surface area contributed by atoms with Crippen LogP contribution in [0.2, 0.25) is 0 Å². The maximum Gasteiger partial charge on any atom is 0.229 e. The fourth-order valence-corrected chi connectivity index (χ4v) is 3.00. The van der Waals surface area contributed by atoms with E-state index in [1.807, 2.05) is 43.3 Å². The molecule has 128 valence electrons. The van der Waals surface area contributed by atoms with Crippen molar-refractivity contribution in [3.05, 3.63) is 48.0 Å². The summed E-state index contributed by atoms with van der Waals surface area (Å²) in [4.78, 5) is 11.6. The summed E-state index contributed by atoms with van der Waals surface area (Å²) < 4.78 is 5.45. The van der Waals surface area contributed by atoms with Crippen LogP contribution in [-0.4, -0.2) is 41.4 Å². The van der Waals surface area contributed by atoms with Gasteiger partial charge in [0.1, 0.15) is 11.6 Å². The van der Waals surface area contributed by atoms with E-state index in [1.165, 1.54) is 0 Å². The summed E-state index contributed by atoms with van der Waals surface area (Å²) >= 11 is 0. The summed E-state index contributed by atoms with van der Waals surface area (Å²) in [7, 11) is 0. The Morgan fingerprint density at radius 2 is 1.88 bits per heavy atom. The smallest absolute Gasteiger partial charge is 0.229 e. The second kappa shape index (κ2) is 6.57. The van der Waals surface area contributed by atoms with Crippen LogP contribution in [0.3, 0.4) is 0 Å². The van der Waals surface area contributed by atoms with E-state index in [-0.39, 0.29) is 5.75 Å². The van der Waals surface area contributed by atoms with E-state index < -0.39 is 0 Å². The highest BCUT2D eigenvalue weighted by Gasteiger charge is 2.17. The first-order valence-corrected chi connectivity index (χ1v) is 8.37. The van der Waals surface area contributed by atoms with Gasteiger partial charge in [-0.2, -0.15) is 4.98 Å². The van der Waals surface area contributed by atoms with E-state index in [9.17, 15) is 5.11 Å². The van der Waals surface area contributed by atoms with Gasteiger partial charge in [-0.25, -0.2) is 4.98 Å². The second-order valence-electron chi connectivity index (χ2n) is 6.13. The van der Waals surface area contributed by atoms with Crippen LogP contribution in [-0.2, 0) is 4.74 Å². The fraction of sp³-hybridized carbons (Fsp3) is 0.263. The number of hydrogen-bond donors (Lipinski definition) is 2. The number of phenols is 1.